The van der Waals surface area contributed by atoms with Crippen LogP contribution in [0.4, 0.5) is 0 Å². The summed E-state index contributed by atoms with van der Waals surface area (Å²) in [7, 11) is -3.59. The second-order valence-corrected chi connectivity index (χ2v) is 8.40. The fraction of sp³-hybridized carbons (Fsp3) is 0.368. The highest BCUT2D eigenvalue weighted by atomic mass is 32.2. The van der Waals surface area contributed by atoms with Gasteiger partial charge in [0.2, 0.25) is 10.0 Å². The summed E-state index contributed by atoms with van der Waals surface area (Å²) in [5, 5.41) is 0. The van der Waals surface area contributed by atoms with Crippen molar-refractivity contribution in [2.24, 2.45) is 0 Å². The van der Waals surface area contributed by atoms with Crippen molar-refractivity contribution in [2.75, 3.05) is 19.8 Å². The van der Waals surface area contributed by atoms with Crippen molar-refractivity contribution >= 4 is 10.0 Å². The minimum absolute atomic E-state index is 0.0698. The van der Waals surface area contributed by atoms with Crippen molar-refractivity contribution in [3.05, 3.63) is 54.1 Å². The fourth-order valence-electron chi connectivity index (χ4n) is 3.14. The number of sulfonamides is 1. The summed E-state index contributed by atoms with van der Waals surface area (Å²) in [5.74, 6) is 1.09. The van der Waals surface area contributed by atoms with E-state index < -0.39 is 10.0 Å². The minimum Gasteiger partial charge on any atom is -0.490 e. The Morgan fingerprint density at radius 1 is 0.960 bits per heavy atom. The maximum absolute atomic E-state index is 12.7. The van der Waals surface area contributed by atoms with Crippen LogP contribution in [0.15, 0.2) is 53.4 Å². The molecule has 0 aromatic heterocycles. The third-order valence-electron chi connectivity index (χ3n) is 4.87. The molecule has 132 valence electrons. The van der Waals surface area contributed by atoms with Crippen LogP contribution in [0.3, 0.4) is 0 Å². The molecule has 1 fully saturated rings. The number of benzene rings is 2. The molecule has 1 heterocycles. The van der Waals surface area contributed by atoms with Gasteiger partial charge < -0.3 is 9.47 Å². The van der Waals surface area contributed by atoms with Gasteiger partial charge in [-0.1, -0.05) is 30.3 Å². The summed E-state index contributed by atoms with van der Waals surface area (Å²) in [5.41, 5.74) is 1.12. The predicted molar refractivity (Wildman–Crippen MR) is 94.6 cm³/mol. The molecule has 0 amide bonds. The van der Waals surface area contributed by atoms with Gasteiger partial charge in [-0.25, -0.2) is 13.1 Å². The van der Waals surface area contributed by atoms with E-state index in [-0.39, 0.29) is 10.3 Å². The van der Waals surface area contributed by atoms with Crippen LogP contribution in [0.25, 0.3) is 0 Å². The van der Waals surface area contributed by atoms with Crippen LogP contribution in [-0.2, 0) is 15.4 Å². The van der Waals surface area contributed by atoms with Gasteiger partial charge in [0.1, 0.15) is 0 Å². The molecule has 1 aliphatic heterocycles. The lowest BCUT2D eigenvalue weighted by atomic mass is 9.96. The molecule has 2 aromatic carbocycles. The van der Waals surface area contributed by atoms with E-state index in [1.165, 1.54) is 5.56 Å². The zero-order valence-electron chi connectivity index (χ0n) is 13.9. The lowest BCUT2D eigenvalue weighted by Crippen LogP contribution is -2.32. The summed E-state index contributed by atoms with van der Waals surface area (Å²) < 4.78 is 39.3. The Bertz CT molecular complexity index is 860. The zero-order chi connectivity index (χ0) is 17.3. The molecule has 4 rings (SSSR count). The molecule has 1 N–H and O–H groups in total. The van der Waals surface area contributed by atoms with E-state index in [2.05, 4.69) is 16.9 Å². The normalized spacial score (nSPS) is 18.4. The van der Waals surface area contributed by atoms with E-state index in [0.717, 1.165) is 19.3 Å². The van der Waals surface area contributed by atoms with Crippen LogP contribution in [-0.4, -0.2) is 28.2 Å². The topological polar surface area (TPSA) is 64.6 Å². The molecular weight excluding hydrogens is 338 g/mol. The van der Waals surface area contributed by atoms with Crippen molar-refractivity contribution < 1.29 is 17.9 Å². The van der Waals surface area contributed by atoms with Crippen molar-refractivity contribution in [3.8, 4) is 11.5 Å². The van der Waals surface area contributed by atoms with Gasteiger partial charge in [-0.15, -0.1) is 0 Å². The highest BCUT2D eigenvalue weighted by Gasteiger charge is 2.44. The average molecular weight is 359 g/mol. The van der Waals surface area contributed by atoms with E-state index in [9.17, 15) is 8.42 Å². The smallest absolute Gasteiger partial charge is 0.240 e. The van der Waals surface area contributed by atoms with E-state index >= 15 is 0 Å². The first-order chi connectivity index (χ1) is 12.1. The van der Waals surface area contributed by atoms with E-state index in [4.69, 9.17) is 9.47 Å². The Morgan fingerprint density at radius 2 is 1.68 bits per heavy atom. The first-order valence-corrected chi connectivity index (χ1v) is 10.0. The Balaban J connectivity index is 1.52. The zero-order valence-corrected chi connectivity index (χ0v) is 14.7. The quantitative estimate of drug-likeness (QED) is 0.892. The number of hydrogen-bond donors (Lipinski definition) is 1. The molecule has 2 aliphatic rings. The monoisotopic (exact) mass is 359 g/mol. The largest absolute Gasteiger partial charge is 0.490 e. The van der Waals surface area contributed by atoms with Gasteiger partial charge in [0.05, 0.1) is 18.1 Å². The van der Waals surface area contributed by atoms with Crippen LogP contribution < -0.4 is 14.2 Å². The molecule has 25 heavy (non-hydrogen) atoms. The van der Waals surface area contributed by atoms with Crippen molar-refractivity contribution in [3.63, 3.8) is 0 Å². The Hall–Kier alpha value is -2.05. The summed E-state index contributed by atoms with van der Waals surface area (Å²) >= 11 is 0. The summed E-state index contributed by atoms with van der Waals surface area (Å²) in [4.78, 5) is 0.209. The predicted octanol–water partition coefficient (Wildman–Crippen LogP) is 2.86. The molecule has 0 saturated heterocycles. The number of hydrogen-bond acceptors (Lipinski definition) is 4. The van der Waals surface area contributed by atoms with Crippen molar-refractivity contribution in [2.45, 2.75) is 29.6 Å². The molecule has 2 aromatic rings. The lowest BCUT2D eigenvalue weighted by molar-refractivity contribution is 0.297. The molecule has 0 bridgehead atoms. The third kappa shape index (κ3) is 3.37. The molecule has 1 aliphatic carbocycles. The van der Waals surface area contributed by atoms with Crippen LogP contribution >= 0.6 is 0 Å². The van der Waals surface area contributed by atoms with Crippen LogP contribution in [0.1, 0.15) is 24.8 Å². The van der Waals surface area contributed by atoms with Gasteiger partial charge in [0, 0.05) is 24.4 Å². The van der Waals surface area contributed by atoms with E-state index in [1.54, 1.807) is 18.2 Å². The molecule has 0 spiro atoms. The van der Waals surface area contributed by atoms with Gasteiger partial charge in [0.15, 0.2) is 11.5 Å². The second kappa shape index (κ2) is 6.35. The molecule has 6 heteroatoms. The van der Waals surface area contributed by atoms with Gasteiger partial charge in [-0.05, 0) is 30.5 Å². The Morgan fingerprint density at radius 3 is 2.40 bits per heavy atom. The lowest BCUT2D eigenvalue weighted by Gasteiger charge is -2.17. The highest BCUT2D eigenvalue weighted by Crippen LogP contribution is 2.47. The second-order valence-electron chi connectivity index (χ2n) is 6.63. The first-order valence-electron chi connectivity index (χ1n) is 8.54. The standard InChI is InChI=1S/C19H21NO4S/c21-25(22,16-7-8-17-18(13-16)24-12-4-11-23-17)20-14-19(9-10-19)15-5-2-1-3-6-15/h1-3,5-8,13,20H,4,9-12,14H2. The van der Waals surface area contributed by atoms with Gasteiger partial charge in [-0.2, -0.15) is 0 Å². The summed E-state index contributed by atoms with van der Waals surface area (Å²) in [6.07, 6.45) is 2.79. The van der Waals surface area contributed by atoms with Gasteiger partial charge >= 0.3 is 0 Å². The summed E-state index contributed by atoms with van der Waals surface area (Å²) in [6, 6.07) is 14.9. The summed E-state index contributed by atoms with van der Waals surface area (Å²) in [6.45, 7) is 1.52. The number of rotatable bonds is 5. The van der Waals surface area contributed by atoms with Crippen LogP contribution in [0, 0.1) is 0 Å². The van der Waals surface area contributed by atoms with Crippen LogP contribution in [0.5, 0.6) is 11.5 Å². The number of ether oxygens (including phenoxy) is 2. The van der Waals surface area contributed by atoms with Crippen molar-refractivity contribution in [1.82, 2.24) is 4.72 Å². The molecule has 0 atom stereocenters. The molecule has 5 nitrogen and oxygen atoms in total. The molecular formula is C19H21NO4S. The number of nitrogens with one attached hydrogen (secondary N) is 1. The van der Waals surface area contributed by atoms with Crippen molar-refractivity contribution in [1.29, 1.82) is 0 Å². The maximum atomic E-state index is 12.7. The van der Waals surface area contributed by atoms with Gasteiger partial charge in [-0.3, -0.25) is 0 Å². The third-order valence-corrected chi connectivity index (χ3v) is 6.27. The highest BCUT2D eigenvalue weighted by molar-refractivity contribution is 7.89. The maximum Gasteiger partial charge on any atom is 0.240 e. The van der Waals surface area contributed by atoms with E-state index in [1.807, 2.05) is 18.2 Å². The molecule has 1 saturated carbocycles. The van der Waals surface area contributed by atoms with Gasteiger partial charge in [0.25, 0.3) is 0 Å². The average Bonchev–Trinajstić information content (AvgIpc) is 3.45. The van der Waals surface area contributed by atoms with E-state index in [0.29, 0.717) is 31.3 Å². The Labute approximate surface area is 148 Å². The SMILES string of the molecule is O=S(=O)(NCC1(c2ccccc2)CC1)c1ccc2c(c1)OCCCO2. The number of fused-ring (bicyclic) bond motifs is 1. The van der Waals surface area contributed by atoms with Crippen LogP contribution in [0.2, 0.25) is 0 Å². The molecule has 0 radical (unpaired) electrons. The minimum atomic E-state index is -3.59. The molecule has 0 unspecified atom stereocenters. The Kier molecular flexibility index (Phi) is 4.17. The first kappa shape index (κ1) is 16.4. The fourth-order valence-corrected chi connectivity index (χ4v) is 4.28.